The Morgan fingerprint density at radius 1 is 1.46 bits per heavy atom. The molecule has 1 heterocycles. The quantitative estimate of drug-likeness (QED) is 0.783. The van der Waals surface area contributed by atoms with Crippen LogP contribution >= 0.6 is 12.4 Å². The number of nitrogens with two attached hydrogens (primary N) is 1. The molecule has 13 heavy (non-hydrogen) atoms. The van der Waals surface area contributed by atoms with Gasteiger partial charge in [-0.3, -0.25) is 0 Å². The monoisotopic (exact) mass is 200 g/mol. The maximum absolute atomic E-state index is 7.54. The molecule has 3 heteroatoms. The van der Waals surface area contributed by atoms with Crippen LogP contribution in [0.5, 0.6) is 0 Å². The minimum absolute atomic E-state index is 0. The fourth-order valence-electron chi connectivity index (χ4n) is 1.36. The third-order valence-corrected chi connectivity index (χ3v) is 1.94. The van der Waals surface area contributed by atoms with Gasteiger partial charge in [0.2, 0.25) is 0 Å². The van der Waals surface area contributed by atoms with Crippen molar-refractivity contribution in [3.05, 3.63) is 36.0 Å². The average molecular weight is 201 g/mol. The molecule has 0 radical (unpaired) electrons. The van der Waals surface area contributed by atoms with Gasteiger partial charge in [0.05, 0.1) is 0 Å². The minimum Gasteiger partial charge on any atom is -0.361 e. The fraction of sp³-hybridized carbons (Fsp3) is 0.200. The van der Waals surface area contributed by atoms with E-state index in [4.69, 9.17) is 5.57 Å². The molecule has 70 valence electrons. The Hall–Kier alpha value is -0.990. The number of aryl methyl sites for hydroxylation is 1. The van der Waals surface area contributed by atoms with E-state index in [1.165, 1.54) is 0 Å². The van der Waals surface area contributed by atoms with Crippen LogP contribution in [0.1, 0.15) is 8.30 Å². The highest BCUT2D eigenvalue weighted by Crippen LogP contribution is 2.17. The fourth-order valence-corrected chi connectivity index (χ4v) is 1.36. The molecule has 0 unspecified atom stereocenters. The van der Waals surface area contributed by atoms with Crippen molar-refractivity contribution in [2.45, 2.75) is 6.42 Å². The highest BCUT2D eigenvalue weighted by Gasteiger charge is 1.99. The number of para-hydroxylation sites is 1. The molecule has 2 nitrogen and oxygen atoms in total. The van der Waals surface area contributed by atoms with Crippen molar-refractivity contribution in [3.8, 4) is 0 Å². The third-order valence-electron chi connectivity index (χ3n) is 1.94. The van der Waals surface area contributed by atoms with Crippen LogP contribution in [0.25, 0.3) is 10.9 Å². The molecule has 0 bridgehead atoms. The van der Waals surface area contributed by atoms with Crippen molar-refractivity contribution in [3.63, 3.8) is 0 Å². The van der Waals surface area contributed by atoms with Gasteiger partial charge < -0.3 is 10.7 Å². The van der Waals surface area contributed by atoms with Gasteiger partial charge in [-0.15, -0.1) is 12.4 Å². The highest BCUT2D eigenvalue weighted by atomic mass is 35.5. The molecule has 0 aliphatic rings. The van der Waals surface area contributed by atoms with Crippen LogP contribution < -0.4 is 5.72 Å². The Morgan fingerprint density at radius 2 is 2.31 bits per heavy atom. The number of aromatic amines is 1. The van der Waals surface area contributed by atoms with Crippen molar-refractivity contribution >= 4 is 23.3 Å². The van der Waals surface area contributed by atoms with Crippen LogP contribution in [-0.4, -0.2) is 11.5 Å². The zero-order valence-corrected chi connectivity index (χ0v) is 7.77. The number of fused-ring (bicyclic) bond motifs is 1. The first-order chi connectivity index (χ1) is 7.50. The van der Waals surface area contributed by atoms with Gasteiger partial charge in [-0.1, -0.05) is 18.2 Å². The van der Waals surface area contributed by atoms with Crippen LogP contribution in [-0.2, 0) is 6.42 Å². The lowest BCUT2D eigenvalue weighted by Gasteiger charge is -1.93. The summed E-state index contributed by atoms with van der Waals surface area (Å²) in [6.07, 6.45) is 1.75. The summed E-state index contributed by atoms with van der Waals surface area (Å²) < 4.78 is 29.1. The molecule has 0 atom stereocenters. The van der Waals surface area contributed by atoms with Crippen LogP contribution in [0.15, 0.2) is 30.5 Å². The molecule has 3 N–H and O–H groups in total. The van der Waals surface area contributed by atoms with Crippen molar-refractivity contribution in [1.29, 1.82) is 0 Å². The first kappa shape index (κ1) is 5.68. The summed E-state index contributed by atoms with van der Waals surface area (Å²) in [4.78, 5) is 3.04. The zero-order valence-electron chi connectivity index (χ0n) is 10.9. The van der Waals surface area contributed by atoms with Crippen LogP contribution in [0.4, 0.5) is 0 Å². The largest absolute Gasteiger partial charge is 0.361 e. The molecule has 0 amide bonds. The van der Waals surface area contributed by atoms with Crippen molar-refractivity contribution in [2.75, 3.05) is 6.50 Å². The van der Waals surface area contributed by atoms with Crippen molar-refractivity contribution in [2.24, 2.45) is 5.72 Å². The number of aromatic nitrogens is 1. The van der Waals surface area contributed by atoms with Gasteiger partial charge in [0.15, 0.2) is 0 Å². The topological polar surface area (TPSA) is 41.8 Å². The third kappa shape index (κ3) is 1.85. The molecule has 2 aromatic rings. The van der Waals surface area contributed by atoms with E-state index in [0.717, 1.165) is 16.5 Å². The number of nitrogens with one attached hydrogen (secondary N) is 1. The summed E-state index contributed by atoms with van der Waals surface area (Å²) in [7, 11) is 0. The number of hydrogen-bond acceptors (Lipinski definition) is 1. The first-order valence-electron chi connectivity index (χ1n) is 5.73. The maximum atomic E-state index is 7.54. The number of benzene rings is 1. The molecule has 2 rings (SSSR count). The lowest BCUT2D eigenvalue weighted by Crippen LogP contribution is -2.01. The van der Waals surface area contributed by atoms with E-state index in [1.54, 1.807) is 6.20 Å². The predicted octanol–water partition coefficient (Wildman–Crippen LogP) is 2.09. The van der Waals surface area contributed by atoms with E-state index in [-0.39, 0.29) is 24.5 Å². The molecular formula is C10H13ClN2. The van der Waals surface area contributed by atoms with E-state index < -0.39 is 6.50 Å². The van der Waals surface area contributed by atoms with E-state index >= 15 is 0 Å². The Morgan fingerprint density at radius 3 is 3.15 bits per heavy atom. The van der Waals surface area contributed by atoms with E-state index in [1.807, 2.05) is 24.3 Å². The predicted molar refractivity (Wildman–Crippen MR) is 58.3 cm³/mol. The van der Waals surface area contributed by atoms with Gasteiger partial charge in [-0.25, -0.2) is 0 Å². The molecule has 0 saturated heterocycles. The Balaban J connectivity index is 0.00000144. The summed E-state index contributed by atoms with van der Waals surface area (Å²) >= 11 is 0. The van der Waals surface area contributed by atoms with Crippen LogP contribution in [0.3, 0.4) is 0 Å². The molecule has 0 aliphatic heterocycles. The van der Waals surface area contributed by atoms with E-state index in [0.29, 0.717) is 0 Å². The second kappa shape index (κ2) is 4.30. The molecule has 0 fully saturated rings. The molecule has 1 aromatic carbocycles. The Bertz CT molecular complexity index is 498. The minimum atomic E-state index is -1.98. The summed E-state index contributed by atoms with van der Waals surface area (Å²) in [5, 5.41) is 0.938. The smallest absolute Gasteiger partial charge is 0.118 e. The first-order valence-corrected chi connectivity index (χ1v) is 3.84. The van der Waals surface area contributed by atoms with Gasteiger partial charge in [0, 0.05) is 19.8 Å². The van der Waals surface area contributed by atoms with E-state index in [9.17, 15) is 0 Å². The summed E-state index contributed by atoms with van der Waals surface area (Å²) in [5.41, 5.74) is 1.83. The number of H-pyrrole nitrogens is 1. The molecule has 1 aromatic heterocycles. The Labute approximate surface area is 89.3 Å². The number of rotatable bonds is 3. The second-order valence-corrected chi connectivity index (χ2v) is 2.69. The second-order valence-electron chi connectivity index (χ2n) is 2.69. The van der Waals surface area contributed by atoms with E-state index in [2.05, 4.69) is 4.98 Å². The zero-order chi connectivity index (χ0) is 11.8. The molecule has 0 spiro atoms. The van der Waals surface area contributed by atoms with Crippen molar-refractivity contribution < 1.29 is 5.57 Å². The number of hydrogen-bond donors (Lipinski definition) is 2. The summed E-state index contributed by atoms with van der Waals surface area (Å²) in [6.45, 7) is -1.98. The number of halogens is 1. The molecular weight excluding hydrogens is 184 g/mol. The standard InChI is InChI=1S/C10H12N2.ClH/c11-6-5-8-7-12-10-4-2-1-3-9(8)10;/h1-4,7,12H,5-6,11H2;1H/i6D2;/hD2. The average Bonchev–Trinajstić information content (AvgIpc) is 2.61. The van der Waals surface area contributed by atoms with Crippen LogP contribution in [0.2, 0.25) is 2.82 Å². The SMILES string of the molecule is Cl.[2H]N([2H])C([2H])([2H])Cc1c[nH]c2ccccc12. The van der Waals surface area contributed by atoms with Crippen molar-refractivity contribution in [1.82, 2.24) is 4.98 Å². The van der Waals surface area contributed by atoms with Crippen LogP contribution in [0, 0.1) is 0 Å². The maximum Gasteiger partial charge on any atom is 0.118 e. The lowest BCUT2D eigenvalue weighted by molar-refractivity contribution is 0.976. The van der Waals surface area contributed by atoms with Gasteiger partial charge in [-0.05, 0) is 24.5 Å². The van der Waals surface area contributed by atoms with Gasteiger partial charge in [0.1, 0.15) is 2.82 Å². The molecule has 0 saturated carbocycles. The summed E-state index contributed by atoms with van der Waals surface area (Å²) in [5.74, 6) is 0. The summed E-state index contributed by atoms with van der Waals surface area (Å²) in [6, 6.07) is 7.59. The Kier molecular flexibility index (Phi) is 1.88. The van der Waals surface area contributed by atoms with Gasteiger partial charge in [-0.2, -0.15) is 0 Å². The lowest BCUT2D eigenvalue weighted by atomic mass is 10.1. The highest BCUT2D eigenvalue weighted by molar-refractivity contribution is 5.85. The van der Waals surface area contributed by atoms with Gasteiger partial charge >= 0.3 is 0 Å². The molecule has 0 aliphatic carbocycles. The normalized spacial score (nSPS) is 15.8. The van der Waals surface area contributed by atoms with Gasteiger partial charge in [0.25, 0.3) is 0 Å².